The van der Waals surface area contributed by atoms with Crippen LogP contribution in [0.2, 0.25) is 0 Å². The molecular weight excluding hydrogens is 317 g/mol. The summed E-state index contributed by atoms with van der Waals surface area (Å²) in [5.41, 5.74) is 1.31. The lowest BCUT2D eigenvalue weighted by atomic mass is 9.70. The predicted molar refractivity (Wildman–Crippen MR) is 96.3 cm³/mol. The van der Waals surface area contributed by atoms with E-state index in [9.17, 15) is 9.18 Å². The van der Waals surface area contributed by atoms with Gasteiger partial charge in [0.15, 0.2) is 0 Å². The molecule has 0 N–H and O–H groups in total. The Bertz CT molecular complexity index is 737. The van der Waals surface area contributed by atoms with E-state index >= 15 is 0 Å². The fraction of sp³-hybridized carbons (Fsp3) is 0.381. The van der Waals surface area contributed by atoms with Gasteiger partial charge in [0.1, 0.15) is 17.3 Å². The number of methoxy groups -OCH3 is 1. The van der Waals surface area contributed by atoms with Gasteiger partial charge in [-0.2, -0.15) is 0 Å². The van der Waals surface area contributed by atoms with Crippen molar-refractivity contribution in [1.82, 2.24) is 4.90 Å². The minimum atomic E-state index is -0.412. The Balaban J connectivity index is 1.74. The summed E-state index contributed by atoms with van der Waals surface area (Å²) in [6, 6.07) is 14.8. The number of carbonyl (C=O) groups excluding carboxylic acids is 1. The van der Waals surface area contributed by atoms with Gasteiger partial charge in [-0.1, -0.05) is 30.3 Å². The van der Waals surface area contributed by atoms with Gasteiger partial charge in [0, 0.05) is 12.1 Å². The molecule has 3 nitrogen and oxygen atoms in total. The van der Waals surface area contributed by atoms with E-state index in [1.165, 1.54) is 6.07 Å². The van der Waals surface area contributed by atoms with Crippen molar-refractivity contribution < 1.29 is 13.9 Å². The van der Waals surface area contributed by atoms with Crippen LogP contribution in [-0.4, -0.2) is 30.9 Å². The van der Waals surface area contributed by atoms with Crippen LogP contribution in [-0.2, 0) is 16.8 Å². The van der Waals surface area contributed by atoms with Crippen LogP contribution in [0.15, 0.2) is 48.5 Å². The first-order valence-electron chi connectivity index (χ1n) is 8.66. The van der Waals surface area contributed by atoms with Crippen molar-refractivity contribution in [2.24, 2.45) is 0 Å². The lowest BCUT2D eigenvalue weighted by molar-refractivity contribution is -0.124. The molecule has 132 valence electrons. The zero-order valence-corrected chi connectivity index (χ0v) is 14.8. The fourth-order valence-electron chi connectivity index (χ4n) is 3.73. The molecule has 1 saturated heterocycles. The monoisotopic (exact) mass is 341 g/mol. The second-order valence-corrected chi connectivity index (χ2v) is 6.74. The molecule has 0 unspecified atom stereocenters. The van der Waals surface area contributed by atoms with E-state index in [4.69, 9.17) is 4.74 Å². The molecule has 0 aliphatic carbocycles. The molecule has 0 bridgehead atoms. The molecule has 0 atom stereocenters. The number of ether oxygens (including phenoxy) is 1. The highest BCUT2D eigenvalue weighted by Crippen LogP contribution is 2.37. The Morgan fingerprint density at radius 3 is 2.44 bits per heavy atom. The van der Waals surface area contributed by atoms with Gasteiger partial charge < -0.3 is 4.74 Å². The number of carbonyl (C=O) groups is 1. The second kappa shape index (κ2) is 7.36. The van der Waals surface area contributed by atoms with Crippen molar-refractivity contribution in [3.63, 3.8) is 0 Å². The van der Waals surface area contributed by atoms with E-state index in [1.54, 1.807) is 26.2 Å². The van der Waals surface area contributed by atoms with Crippen molar-refractivity contribution in [2.75, 3.05) is 20.2 Å². The van der Waals surface area contributed by atoms with Crippen LogP contribution in [0.5, 0.6) is 5.75 Å². The molecule has 1 heterocycles. The molecule has 0 radical (unpaired) electrons. The minimum absolute atomic E-state index is 0.214. The number of piperidine rings is 1. The number of benzene rings is 2. The van der Waals surface area contributed by atoms with Gasteiger partial charge in [0.05, 0.1) is 12.5 Å². The fourth-order valence-corrected chi connectivity index (χ4v) is 3.73. The van der Waals surface area contributed by atoms with Gasteiger partial charge in [-0.05, 0) is 56.6 Å². The topological polar surface area (TPSA) is 29.5 Å². The standard InChI is InChI=1S/C21H24FNO2/c1-16(24)21(18-6-4-3-5-7-18)10-12-23(13-11-21)15-17-14-19(25-2)8-9-20(17)22/h3-9,14H,10-13,15H2,1-2H3. The Hall–Kier alpha value is -2.20. The van der Waals surface area contributed by atoms with Gasteiger partial charge in [-0.25, -0.2) is 4.39 Å². The maximum Gasteiger partial charge on any atom is 0.140 e. The number of hydrogen-bond donors (Lipinski definition) is 0. The van der Waals surface area contributed by atoms with E-state index < -0.39 is 5.41 Å². The van der Waals surface area contributed by atoms with E-state index in [1.807, 2.05) is 30.3 Å². The van der Waals surface area contributed by atoms with E-state index in [-0.39, 0.29) is 11.6 Å². The van der Waals surface area contributed by atoms with Crippen LogP contribution in [0.1, 0.15) is 30.9 Å². The summed E-state index contributed by atoms with van der Waals surface area (Å²) >= 11 is 0. The third kappa shape index (κ3) is 3.59. The Labute approximate surface area is 148 Å². The summed E-state index contributed by atoms with van der Waals surface area (Å²) in [6.07, 6.45) is 1.52. The molecule has 1 aliphatic rings. The first-order valence-corrected chi connectivity index (χ1v) is 8.66. The molecular formula is C21H24FNO2. The van der Waals surface area contributed by atoms with Crippen LogP contribution >= 0.6 is 0 Å². The molecule has 0 spiro atoms. The molecule has 0 aromatic heterocycles. The lowest BCUT2D eigenvalue weighted by Crippen LogP contribution is -2.46. The number of hydrogen-bond acceptors (Lipinski definition) is 3. The lowest BCUT2D eigenvalue weighted by Gasteiger charge is -2.40. The summed E-state index contributed by atoms with van der Waals surface area (Å²) in [5.74, 6) is 0.661. The van der Waals surface area contributed by atoms with Gasteiger partial charge in [-0.15, -0.1) is 0 Å². The summed E-state index contributed by atoms with van der Waals surface area (Å²) in [4.78, 5) is 14.6. The normalized spacial score (nSPS) is 17.2. The Kier molecular flexibility index (Phi) is 5.19. The summed E-state index contributed by atoms with van der Waals surface area (Å²) in [6.45, 7) is 3.76. The molecule has 0 saturated carbocycles. The molecule has 4 heteroatoms. The molecule has 3 rings (SSSR count). The summed E-state index contributed by atoms with van der Waals surface area (Å²) in [7, 11) is 1.58. The quantitative estimate of drug-likeness (QED) is 0.824. The maximum atomic E-state index is 14.1. The highest BCUT2D eigenvalue weighted by Gasteiger charge is 2.40. The molecule has 0 amide bonds. The first kappa shape index (κ1) is 17.6. The maximum absolute atomic E-state index is 14.1. The van der Waals surface area contributed by atoms with Crippen molar-refractivity contribution in [2.45, 2.75) is 31.7 Å². The van der Waals surface area contributed by atoms with Crippen molar-refractivity contribution >= 4 is 5.78 Å². The molecule has 1 aliphatic heterocycles. The number of nitrogens with zero attached hydrogens (tertiary/aromatic N) is 1. The molecule has 25 heavy (non-hydrogen) atoms. The summed E-state index contributed by atoms with van der Waals surface area (Å²) < 4.78 is 19.3. The van der Waals surface area contributed by atoms with Crippen LogP contribution < -0.4 is 4.74 Å². The zero-order valence-electron chi connectivity index (χ0n) is 14.8. The summed E-state index contributed by atoms with van der Waals surface area (Å²) in [5, 5.41) is 0. The third-order valence-electron chi connectivity index (χ3n) is 5.36. The number of ketones is 1. The number of rotatable bonds is 5. The van der Waals surface area contributed by atoms with Crippen LogP contribution in [0.4, 0.5) is 4.39 Å². The number of halogens is 1. The average molecular weight is 341 g/mol. The highest BCUT2D eigenvalue weighted by molar-refractivity contribution is 5.88. The molecule has 2 aromatic carbocycles. The Morgan fingerprint density at radius 2 is 1.84 bits per heavy atom. The Morgan fingerprint density at radius 1 is 1.16 bits per heavy atom. The van der Waals surface area contributed by atoms with Gasteiger partial charge in [0.25, 0.3) is 0 Å². The average Bonchev–Trinajstić information content (AvgIpc) is 2.65. The van der Waals surface area contributed by atoms with Crippen LogP contribution in [0.3, 0.4) is 0 Å². The first-order chi connectivity index (χ1) is 12.0. The predicted octanol–water partition coefficient (Wildman–Crippen LogP) is 3.96. The second-order valence-electron chi connectivity index (χ2n) is 6.74. The number of Topliss-reactive ketones (excluding diaryl/α,β-unsaturated/α-hetero) is 1. The van der Waals surface area contributed by atoms with Crippen LogP contribution in [0, 0.1) is 5.82 Å². The number of likely N-dealkylation sites (tertiary alicyclic amines) is 1. The van der Waals surface area contributed by atoms with Gasteiger partial charge in [-0.3, -0.25) is 9.69 Å². The van der Waals surface area contributed by atoms with Gasteiger partial charge in [0.2, 0.25) is 0 Å². The highest BCUT2D eigenvalue weighted by atomic mass is 19.1. The molecule has 1 fully saturated rings. The van der Waals surface area contributed by atoms with Crippen molar-refractivity contribution in [3.8, 4) is 5.75 Å². The van der Waals surface area contributed by atoms with E-state index in [0.717, 1.165) is 31.5 Å². The van der Waals surface area contributed by atoms with E-state index in [2.05, 4.69) is 4.90 Å². The zero-order chi connectivity index (χ0) is 17.9. The minimum Gasteiger partial charge on any atom is -0.497 e. The van der Waals surface area contributed by atoms with Gasteiger partial charge >= 0.3 is 0 Å². The largest absolute Gasteiger partial charge is 0.497 e. The van der Waals surface area contributed by atoms with E-state index in [0.29, 0.717) is 17.9 Å². The van der Waals surface area contributed by atoms with Crippen molar-refractivity contribution in [3.05, 3.63) is 65.5 Å². The third-order valence-corrected chi connectivity index (χ3v) is 5.36. The smallest absolute Gasteiger partial charge is 0.140 e. The SMILES string of the molecule is COc1ccc(F)c(CN2CCC(C(C)=O)(c3ccccc3)CC2)c1. The van der Waals surface area contributed by atoms with Crippen molar-refractivity contribution in [1.29, 1.82) is 0 Å². The van der Waals surface area contributed by atoms with Crippen LogP contribution in [0.25, 0.3) is 0 Å². The molecule has 2 aromatic rings.